The van der Waals surface area contributed by atoms with Crippen molar-refractivity contribution in [1.29, 1.82) is 5.26 Å². The number of anilines is 1. The predicted molar refractivity (Wildman–Crippen MR) is 124 cm³/mol. The van der Waals surface area contributed by atoms with Crippen LogP contribution in [0.5, 0.6) is 0 Å². The highest BCUT2D eigenvalue weighted by Crippen LogP contribution is 2.42. The molecule has 1 aliphatic rings. The van der Waals surface area contributed by atoms with Gasteiger partial charge in [0.2, 0.25) is 0 Å². The first kappa shape index (κ1) is 20.7. The van der Waals surface area contributed by atoms with Crippen molar-refractivity contribution in [3.8, 4) is 6.07 Å². The molecule has 4 heteroatoms. The average Bonchev–Trinajstić information content (AvgIpc) is 2.64. The van der Waals surface area contributed by atoms with Gasteiger partial charge in [0.05, 0.1) is 17.2 Å². The SMILES string of the molecule is CCCN1c2cc(Cl)c(/C=C(\C#N)c3ccc(Br)cc3)cc2C(C)=CC1(C)C. The summed E-state index contributed by atoms with van der Waals surface area (Å²) in [6, 6.07) is 14.2. The van der Waals surface area contributed by atoms with Crippen molar-refractivity contribution in [3.63, 3.8) is 0 Å². The zero-order valence-corrected chi connectivity index (χ0v) is 19.0. The smallest absolute Gasteiger partial charge is 0.0998 e. The second-order valence-electron chi connectivity index (χ2n) is 7.70. The van der Waals surface area contributed by atoms with Gasteiger partial charge in [-0.2, -0.15) is 5.26 Å². The number of halogens is 2. The predicted octanol–water partition coefficient (Wildman–Crippen LogP) is 7.58. The number of nitrogens with zero attached hydrogens (tertiary/aromatic N) is 2. The molecule has 1 aliphatic heterocycles. The van der Waals surface area contributed by atoms with Crippen LogP contribution in [-0.4, -0.2) is 12.1 Å². The van der Waals surface area contributed by atoms with Gasteiger partial charge >= 0.3 is 0 Å². The van der Waals surface area contributed by atoms with Crippen LogP contribution in [0.4, 0.5) is 5.69 Å². The third-order valence-electron chi connectivity index (χ3n) is 5.12. The van der Waals surface area contributed by atoms with Gasteiger partial charge < -0.3 is 4.90 Å². The minimum atomic E-state index is -0.0526. The third-order valence-corrected chi connectivity index (χ3v) is 5.97. The Hall–Kier alpha value is -2.02. The Morgan fingerprint density at radius 1 is 1.25 bits per heavy atom. The summed E-state index contributed by atoms with van der Waals surface area (Å²) in [6.45, 7) is 9.77. The van der Waals surface area contributed by atoms with Crippen molar-refractivity contribution in [2.24, 2.45) is 0 Å². The van der Waals surface area contributed by atoms with Gasteiger partial charge in [0, 0.05) is 27.3 Å². The Morgan fingerprint density at radius 3 is 2.54 bits per heavy atom. The fourth-order valence-corrected chi connectivity index (χ4v) is 4.30. The summed E-state index contributed by atoms with van der Waals surface area (Å²) >= 11 is 10.1. The number of benzene rings is 2. The normalized spacial score (nSPS) is 15.7. The zero-order chi connectivity index (χ0) is 20.5. The Labute approximate surface area is 181 Å². The molecule has 0 saturated carbocycles. The Morgan fingerprint density at radius 2 is 1.93 bits per heavy atom. The summed E-state index contributed by atoms with van der Waals surface area (Å²) in [5.41, 5.74) is 5.86. The van der Waals surface area contributed by atoms with E-state index in [0.29, 0.717) is 10.6 Å². The molecule has 0 spiro atoms. The number of fused-ring (bicyclic) bond motifs is 1. The maximum atomic E-state index is 9.68. The van der Waals surface area contributed by atoms with Crippen LogP contribution < -0.4 is 4.90 Å². The second kappa shape index (κ2) is 8.15. The fourth-order valence-electron chi connectivity index (χ4n) is 3.82. The number of hydrogen-bond donors (Lipinski definition) is 0. The summed E-state index contributed by atoms with van der Waals surface area (Å²) in [7, 11) is 0. The van der Waals surface area contributed by atoms with Crippen molar-refractivity contribution in [1.82, 2.24) is 0 Å². The molecule has 0 N–H and O–H groups in total. The molecule has 0 fully saturated rings. The monoisotopic (exact) mass is 454 g/mol. The van der Waals surface area contributed by atoms with Gasteiger partial charge in [-0.05, 0) is 74.2 Å². The van der Waals surface area contributed by atoms with Gasteiger partial charge in [-0.1, -0.05) is 52.7 Å². The number of nitriles is 1. The lowest BCUT2D eigenvalue weighted by molar-refractivity contribution is 0.550. The standard InChI is InChI=1S/C24H24BrClN2/c1-5-10-28-23-13-22(26)18(12-21(23)16(2)14-24(28,3)4)11-19(15-27)17-6-8-20(25)9-7-17/h6-9,11-14H,5,10H2,1-4H3/b19-11+. The molecule has 2 aromatic carbocycles. The van der Waals surface area contributed by atoms with Crippen LogP contribution >= 0.6 is 27.5 Å². The highest BCUT2D eigenvalue weighted by molar-refractivity contribution is 9.10. The van der Waals surface area contributed by atoms with Crippen LogP contribution in [0, 0.1) is 11.3 Å². The molecule has 0 amide bonds. The van der Waals surface area contributed by atoms with E-state index in [2.05, 4.69) is 66.7 Å². The molecule has 2 aromatic rings. The van der Waals surface area contributed by atoms with E-state index in [9.17, 15) is 5.26 Å². The Balaban J connectivity index is 2.12. The topological polar surface area (TPSA) is 27.0 Å². The molecule has 28 heavy (non-hydrogen) atoms. The molecule has 0 radical (unpaired) electrons. The summed E-state index contributed by atoms with van der Waals surface area (Å²) in [5, 5.41) is 10.3. The minimum Gasteiger partial charge on any atom is -0.362 e. The van der Waals surface area contributed by atoms with Gasteiger partial charge in [0.15, 0.2) is 0 Å². The number of allylic oxidation sites excluding steroid dienone is 2. The quantitative estimate of drug-likeness (QED) is 0.351. The van der Waals surface area contributed by atoms with Crippen LogP contribution in [0.2, 0.25) is 5.02 Å². The van der Waals surface area contributed by atoms with Crippen molar-refractivity contribution in [2.75, 3.05) is 11.4 Å². The number of hydrogen-bond acceptors (Lipinski definition) is 2. The molecule has 0 aliphatic carbocycles. The summed E-state index contributed by atoms with van der Waals surface area (Å²) < 4.78 is 0.986. The van der Waals surface area contributed by atoms with Crippen LogP contribution in [0.15, 0.2) is 46.9 Å². The molecule has 3 rings (SSSR count). The molecular weight excluding hydrogens is 432 g/mol. The van der Waals surface area contributed by atoms with Gasteiger partial charge in [0.25, 0.3) is 0 Å². The first-order valence-corrected chi connectivity index (χ1v) is 10.6. The van der Waals surface area contributed by atoms with Crippen LogP contribution in [0.25, 0.3) is 17.2 Å². The van der Waals surface area contributed by atoms with Crippen LogP contribution in [0.1, 0.15) is 50.8 Å². The van der Waals surface area contributed by atoms with Crippen LogP contribution in [-0.2, 0) is 0 Å². The summed E-state index contributed by atoms with van der Waals surface area (Å²) in [4.78, 5) is 2.41. The van der Waals surface area contributed by atoms with Gasteiger partial charge in [-0.25, -0.2) is 0 Å². The highest BCUT2D eigenvalue weighted by Gasteiger charge is 2.31. The van der Waals surface area contributed by atoms with E-state index in [1.807, 2.05) is 36.4 Å². The Bertz CT molecular complexity index is 995. The molecule has 0 aromatic heterocycles. The second-order valence-corrected chi connectivity index (χ2v) is 9.02. The molecular formula is C24H24BrClN2. The van der Waals surface area contributed by atoms with Gasteiger partial charge in [-0.3, -0.25) is 0 Å². The van der Waals surface area contributed by atoms with Crippen LogP contribution in [0.3, 0.4) is 0 Å². The fraction of sp³-hybridized carbons (Fsp3) is 0.292. The molecule has 0 bridgehead atoms. The van der Waals surface area contributed by atoms with Gasteiger partial charge in [-0.15, -0.1) is 0 Å². The molecule has 2 nitrogen and oxygen atoms in total. The van der Waals surface area contributed by atoms with Crippen molar-refractivity contribution < 1.29 is 0 Å². The van der Waals surface area contributed by atoms with E-state index in [-0.39, 0.29) is 5.54 Å². The maximum absolute atomic E-state index is 9.68. The Kier molecular flexibility index (Phi) is 6.03. The lowest BCUT2D eigenvalue weighted by Gasteiger charge is -2.43. The first-order valence-electron chi connectivity index (χ1n) is 9.45. The van der Waals surface area contributed by atoms with Crippen molar-refractivity contribution in [2.45, 2.75) is 39.7 Å². The van der Waals surface area contributed by atoms with E-state index in [1.54, 1.807) is 0 Å². The lowest BCUT2D eigenvalue weighted by atomic mass is 9.87. The molecule has 0 saturated heterocycles. The average molecular weight is 456 g/mol. The van der Waals surface area contributed by atoms with Gasteiger partial charge in [0.1, 0.15) is 0 Å². The lowest BCUT2D eigenvalue weighted by Crippen LogP contribution is -2.45. The third kappa shape index (κ3) is 4.04. The van der Waals surface area contributed by atoms with E-state index in [0.717, 1.165) is 34.3 Å². The highest BCUT2D eigenvalue weighted by atomic mass is 79.9. The maximum Gasteiger partial charge on any atom is 0.0998 e. The molecule has 0 atom stereocenters. The number of rotatable bonds is 4. The van der Waals surface area contributed by atoms with E-state index >= 15 is 0 Å². The molecule has 0 unspecified atom stereocenters. The largest absolute Gasteiger partial charge is 0.362 e. The van der Waals surface area contributed by atoms with Crippen molar-refractivity contribution in [3.05, 3.63) is 68.7 Å². The van der Waals surface area contributed by atoms with E-state index in [1.165, 1.54) is 11.1 Å². The first-order chi connectivity index (χ1) is 13.3. The minimum absolute atomic E-state index is 0.0526. The summed E-state index contributed by atoms with van der Waals surface area (Å²) in [6.07, 6.45) is 5.26. The van der Waals surface area contributed by atoms with E-state index < -0.39 is 0 Å². The van der Waals surface area contributed by atoms with Crippen molar-refractivity contribution >= 4 is 50.4 Å². The molecule has 144 valence electrons. The summed E-state index contributed by atoms with van der Waals surface area (Å²) in [5.74, 6) is 0. The zero-order valence-electron chi connectivity index (χ0n) is 16.7. The molecule has 1 heterocycles. The van der Waals surface area contributed by atoms with E-state index in [4.69, 9.17) is 11.6 Å².